The Morgan fingerprint density at radius 2 is 1.75 bits per heavy atom. The zero-order chi connectivity index (χ0) is 15.5. The number of hydrogen-bond acceptors (Lipinski definition) is 7. The van der Waals surface area contributed by atoms with Crippen molar-refractivity contribution in [2.24, 2.45) is 0 Å². The summed E-state index contributed by atoms with van der Waals surface area (Å²) in [5, 5.41) is 2.40. The normalized spacial score (nSPS) is 11.2. The summed E-state index contributed by atoms with van der Waals surface area (Å²) in [6.07, 6.45) is 0.555. The van der Waals surface area contributed by atoms with Crippen molar-refractivity contribution in [2.45, 2.75) is 39.2 Å². The molecule has 0 aromatic heterocycles. The van der Waals surface area contributed by atoms with Crippen molar-refractivity contribution in [1.29, 1.82) is 0 Å². The van der Waals surface area contributed by atoms with Gasteiger partial charge in [0, 0.05) is 19.8 Å². The number of methoxy groups -OCH3 is 1. The molecular weight excluding hydrogens is 270 g/mol. The second kappa shape index (κ2) is 9.76. The molecule has 0 aliphatic rings. The summed E-state index contributed by atoms with van der Waals surface area (Å²) in [6, 6.07) is -0.865. The molecule has 0 aromatic carbocycles. The molecule has 8 nitrogen and oxygen atoms in total. The zero-order valence-corrected chi connectivity index (χ0v) is 11.8. The van der Waals surface area contributed by atoms with Crippen LogP contribution in [0.5, 0.6) is 0 Å². The molecule has 1 amide bonds. The van der Waals surface area contributed by atoms with E-state index < -0.39 is 30.7 Å². The monoisotopic (exact) mass is 289 g/mol. The molecule has 0 aliphatic carbocycles. The molecule has 0 saturated heterocycles. The maximum absolute atomic E-state index is 11.5. The number of amides is 1. The highest BCUT2D eigenvalue weighted by Gasteiger charge is 2.17. The number of nitrogens with one attached hydrogen (secondary N) is 1. The summed E-state index contributed by atoms with van der Waals surface area (Å²) >= 11 is 0. The van der Waals surface area contributed by atoms with Gasteiger partial charge in [-0.15, -0.1) is 0 Å². The summed E-state index contributed by atoms with van der Waals surface area (Å²) in [5.74, 6) is -2.07. The second-order valence-electron chi connectivity index (χ2n) is 3.94. The maximum atomic E-state index is 11.5. The molecule has 20 heavy (non-hydrogen) atoms. The van der Waals surface area contributed by atoms with Crippen molar-refractivity contribution >= 4 is 23.8 Å². The highest BCUT2D eigenvalue weighted by molar-refractivity contribution is 5.84. The van der Waals surface area contributed by atoms with Gasteiger partial charge in [0.25, 0.3) is 0 Å². The lowest BCUT2D eigenvalue weighted by atomic mass is 10.2. The molecule has 1 N–H and O–H groups in total. The molecule has 0 saturated carbocycles. The summed E-state index contributed by atoms with van der Waals surface area (Å²) in [7, 11) is 1.27. The molecule has 8 heteroatoms. The van der Waals surface area contributed by atoms with E-state index in [1.165, 1.54) is 21.0 Å². The number of esters is 3. The third-order valence-corrected chi connectivity index (χ3v) is 2.21. The quantitative estimate of drug-likeness (QED) is 0.491. The summed E-state index contributed by atoms with van der Waals surface area (Å²) in [4.78, 5) is 44.1. The van der Waals surface area contributed by atoms with E-state index in [9.17, 15) is 19.2 Å². The molecule has 0 fully saturated rings. The molecule has 1 unspecified atom stereocenters. The Balaban J connectivity index is 3.85. The van der Waals surface area contributed by atoms with Crippen LogP contribution in [0, 0.1) is 0 Å². The average Bonchev–Trinajstić information content (AvgIpc) is 2.37. The van der Waals surface area contributed by atoms with E-state index >= 15 is 0 Å². The Labute approximate surface area is 116 Å². The molecule has 0 heterocycles. The van der Waals surface area contributed by atoms with Crippen molar-refractivity contribution in [2.75, 3.05) is 13.9 Å². The van der Waals surface area contributed by atoms with Crippen molar-refractivity contribution in [1.82, 2.24) is 5.32 Å². The molecule has 1 atom stereocenters. The summed E-state index contributed by atoms with van der Waals surface area (Å²) in [5.41, 5.74) is 0. The summed E-state index contributed by atoms with van der Waals surface area (Å²) < 4.78 is 13.5. The maximum Gasteiger partial charge on any atom is 0.331 e. The first-order valence-corrected chi connectivity index (χ1v) is 6.03. The predicted octanol–water partition coefficient (Wildman–Crippen LogP) is -0.102. The molecule has 114 valence electrons. The van der Waals surface area contributed by atoms with E-state index in [-0.39, 0.29) is 18.7 Å². The first-order valence-electron chi connectivity index (χ1n) is 6.03. The van der Waals surface area contributed by atoms with Gasteiger partial charge in [0.2, 0.25) is 12.7 Å². The van der Waals surface area contributed by atoms with Gasteiger partial charge >= 0.3 is 17.9 Å². The minimum Gasteiger partial charge on any atom is -0.469 e. The average molecular weight is 289 g/mol. The lowest BCUT2D eigenvalue weighted by Crippen LogP contribution is -2.39. The van der Waals surface area contributed by atoms with E-state index in [0.29, 0.717) is 6.42 Å². The number of ether oxygens (including phenoxy) is 3. The fourth-order valence-corrected chi connectivity index (χ4v) is 1.16. The van der Waals surface area contributed by atoms with E-state index in [2.05, 4.69) is 19.5 Å². The van der Waals surface area contributed by atoms with Crippen LogP contribution in [-0.2, 0) is 33.4 Å². The third kappa shape index (κ3) is 8.90. The van der Waals surface area contributed by atoms with Crippen LogP contribution in [0.3, 0.4) is 0 Å². The fraction of sp³-hybridized carbons (Fsp3) is 0.667. The molecular formula is C12H19NO7. The predicted molar refractivity (Wildman–Crippen MR) is 66.2 cm³/mol. The Kier molecular flexibility index (Phi) is 8.73. The molecule has 0 aromatic rings. The van der Waals surface area contributed by atoms with Gasteiger partial charge in [0.05, 0.1) is 7.11 Å². The van der Waals surface area contributed by atoms with Crippen LogP contribution in [0.25, 0.3) is 0 Å². The van der Waals surface area contributed by atoms with Gasteiger partial charge in [-0.05, 0) is 13.3 Å². The highest BCUT2D eigenvalue weighted by atomic mass is 16.7. The standard InChI is InChI=1S/C12H19NO7/c1-8(12(17)20-7-19-9(2)14)13-10(15)5-4-6-11(16)18-3/h8H,4-7H2,1-3H3,(H,13,15). The Hall–Kier alpha value is -2.12. The lowest BCUT2D eigenvalue weighted by Gasteiger charge is -2.13. The lowest BCUT2D eigenvalue weighted by molar-refractivity contribution is -0.167. The molecule has 0 bridgehead atoms. The largest absolute Gasteiger partial charge is 0.469 e. The zero-order valence-electron chi connectivity index (χ0n) is 11.8. The van der Waals surface area contributed by atoms with E-state index in [1.54, 1.807) is 0 Å². The van der Waals surface area contributed by atoms with Crippen molar-refractivity contribution in [3.8, 4) is 0 Å². The Morgan fingerprint density at radius 3 is 2.30 bits per heavy atom. The molecule has 0 rings (SSSR count). The Morgan fingerprint density at radius 1 is 1.10 bits per heavy atom. The molecule has 0 spiro atoms. The fourth-order valence-electron chi connectivity index (χ4n) is 1.16. The number of carbonyl (C=O) groups excluding carboxylic acids is 4. The van der Waals surface area contributed by atoms with Crippen LogP contribution >= 0.6 is 0 Å². The molecule has 0 radical (unpaired) electrons. The third-order valence-electron chi connectivity index (χ3n) is 2.21. The van der Waals surface area contributed by atoms with Crippen LogP contribution in [0.4, 0.5) is 0 Å². The van der Waals surface area contributed by atoms with Crippen LogP contribution < -0.4 is 5.32 Å². The van der Waals surface area contributed by atoms with E-state index in [4.69, 9.17) is 0 Å². The minimum atomic E-state index is -0.865. The van der Waals surface area contributed by atoms with Crippen molar-refractivity contribution in [3.05, 3.63) is 0 Å². The SMILES string of the molecule is COC(=O)CCCC(=O)NC(C)C(=O)OCOC(C)=O. The van der Waals surface area contributed by atoms with Gasteiger partial charge < -0.3 is 19.5 Å². The minimum absolute atomic E-state index is 0.0939. The topological polar surface area (TPSA) is 108 Å². The molecule has 0 aliphatic heterocycles. The second-order valence-corrected chi connectivity index (χ2v) is 3.94. The van der Waals surface area contributed by atoms with E-state index in [0.717, 1.165) is 0 Å². The smallest absolute Gasteiger partial charge is 0.331 e. The highest BCUT2D eigenvalue weighted by Crippen LogP contribution is 1.98. The van der Waals surface area contributed by atoms with Crippen molar-refractivity contribution in [3.63, 3.8) is 0 Å². The van der Waals surface area contributed by atoms with Gasteiger partial charge in [-0.2, -0.15) is 0 Å². The number of carbonyl (C=O) groups is 4. The number of hydrogen-bond donors (Lipinski definition) is 1. The van der Waals surface area contributed by atoms with Gasteiger partial charge in [-0.3, -0.25) is 14.4 Å². The van der Waals surface area contributed by atoms with Gasteiger partial charge in [-0.1, -0.05) is 0 Å². The van der Waals surface area contributed by atoms with Gasteiger partial charge in [-0.25, -0.2) is 4.79 Å². The van der Waals surface area contributed by atoms with Crippen LogP contribution in [0.1, 0.15) is 33.1 Å². The van der Waals surface area contributed by atoms with Crippen LogP contribution in [0.2, 0.25) is 0 Å². The van der Waals surface area contributed by atoms with Crippen LogP contribution in [0.15, 0.2) is 0 Å². The number of rotatable bonds is 8. The first kappa shape index (κ1) is 17.9. The van der Waals surface area contributed by atoms with Gasteiger partial charge in [0.15, 0.2) is 0 Å². The van der Waals surface area contributed by atoms with Gasteiger partial charge in [0.1, 0.15) is 6.04 Å². The van der Waals surface area contributed by atoms with Crippen LogP contribution in [-0.4, -0.2) is 43.8 Å². The first-order chi connectivity index (χ1) is 9.36. The van der Waals surface area contributed by atoms with E-state index in [1.807, 2.05) is 0 Å². The Bertz CT molecular complexity index is 367. The summed E-state index contributed by atoms with van der Waals surface area (Å²) in [6.45, 7) is 2.13. The van der Waals surface area contributed by atoms with Crippen molar-refractivity contribution < 1.29 is 33.4 Å².